The van der Waals surface area contributed by atoms with Gasteiger partial charge in [-0.15, -0.1) is 0 Å². The van der Waals surface area contributed by atoms with Crippen LogP contribution in [0.4, 0.5) is 4.79 Å². The van der Waals surface area contributed by atoms with Gasteiger partial charge in [0.05, 0.1) is 13.7 Å². The molecule has 162 valence electrons. The van der Waals surface area contributed by atoms with Crippen molar-refractivity contribution in [3.8, 4) is 11.5 Å². The van der Waals surface area contributed by atoms with Crippen LogP contribution in [0.25, 0.3) is 11.5 Å². The van der Waals surface area contributed by atoms with Gasteiger partial charge < -0.3 is 18.8 Å². The minimum Gasteiger partial charge on any atom is -0.464 e. The first-order valence-corrected chi connectivity index (χ1v) is 10.8. The number of esters is 1. The van der Waals surface area contributed by atoms with Gasteiger partial charge >= 0.3 is 12.1 Å². The van der Waals surface area contributed by atoms with Crippen LogP contribution in [0.3, 0.4) is 0 Å². The van der Waals surface area contributed by atoms with Crippen LogP contribution in [0.15, 0.2) is 33.8 Å². The number of hydrogen-bond acceptors (Lipinski definition) is 8. The average Bonchev–Trinajstić information content (AvgIpc) is 3.20. The molecule has 1 aliphatic heterocycles. The van der Waals surface area contributed by atoms with Gasteiger partial charge in [-0.3, -0.25) is 0 Å². The van der Waals surface area contributed by atoms with Gasteiger partial charge in [0, 0.05) is 31.7 Å². The van der Waals surface area contributed by atoms with E-state index in [-0.39, 0.29) is 38.7 Å². The standard InChI is InChI=1S/C19H23N3O7S/c1-4-28-19(24)21-9-11-22(12-10-21)30(25,26)18-15(17(23)27-3)20-16(29-18)14-7-5-13(2)6-8-14/h5-8H,4,9-12H2,1-3H3. The molecule has 0 unspecified atom stereocenters. The van der Waals surface area contributed by atoms with Crippen LogP contribution in [0, 0.1) is 6.92 Å². The van der Waals surface area contributed by atoms with Crippen molar-refractivity contribution in [2.45, 2.75) is 18.9 Å². The number of piperazine rings is 1. The van der Waals surface area contributed by atoms with Crippen LogP contribution in [-0.4, -0.2) is 74.6 Å². The van der Waals surface area contributed by atoms with Crippen LogP contribution >= 0.6 is 0 Å². The topological polar surface area (TPSA) is 119 Å². The van der Waals surface area contributed by atoms with Crippen LogP contribution in [-0.2, 0) is 19.5 Å². The lowest BCUT2D eigenvalue weighted by molar-refractivity contribution is 0.0587. The number of aryl methyl sites for hydroxylation is 1. The van der Waals surface area contributed by atoms with Crippen molar-refractivity contribution in [2.24, 2.45) is 0 Å². The zero-order valence-electron chi connectivity index (χ0n) is 17.0. The third-order valence-electron chi connectivity index (χ3n) is 4.61. The molecule has 1 fully saturated rings. The lowest BCUT2D eigenvalue weighted by atomic mass is 10.1. The second-order valence-corrected chi connectivity index (χ2v) is 8.44. The molecule has 0 N–H and O–H groups in total. The Morgan fingerprint density at radius 2 is 1.77 bits per heavy atom. The van der Waals surface area contributed by atoms with E-state index in [1.54, 1.807) is 19.1 Å². The predicted octanol–water partition coefficient (Wildman–Crippen LogP) is 1.90. The number of sulfonamides is 1. The largest absolute Gasteiger partial charge is 0.464 e. The van der Waals surface area contributed by atoms with Gasteiger partial charge in [-0.25, -0.2) is 23.0 Å². The predicted molar refractivity (Wildman–Crippen MR) is 105 cm³/mol. The highest BCUT2D eigenvalue weighted by Crippen LogP contribution is 2.29. The number of benzene rings is 1. The molecule has 3 rings (SSSR count). The third kappa shape index (κ3) is 4.31. The first-order chi connectivity index (χ1) is 14.3. The molecule has 0 saturated carbocycles. The van der Waals surface area contributed by atoms with Gasteiger partial charge in [0.2, 0.25) is 11.6 Å². The molecule has 1 aromatic heterocycles. The Morgan fingerprint density at radius 3 is 2.33 bits per heavy atom. The maximum absolute atomic E-state index is 13.2. The molecule has 11 heteroatoms. The molecule has 0 aliphatic carbocycles. The summed E-state index contributed by atoms with van der Waals surface area (Å²) in [5.74, 6) is -0.917. The Bertz CT molecular complexity index is 1020. The number of aromatic nitrogens is 1. The first kappa shape index (κ1) is 21.8. The Labute approximate surface area is 174 Å². The van der Waals surface area contributed by atoms with Crippen LogP contribution in [0.5, 0.6) is 0 Å². The number of nitrogens with zero attached hydrogens (tertiary/aromatic N) is 3. The number of methoxy groups -OCH3 is 1. The van der Waals surface area contributed by atoms with E-state index >= 15 is 0 Å². The second-order valence-electron chi connectivity index (χ2n) is 6.60. The molecule has 1 amide bonds. The number of rotatable bonds is 5. The molecule has 1 saturated heterocycles. The van der Waals surface area contributed by atoms with E-state index in [2.05, 4.69) is 9.72 Å². The summed E-state index contributed by atoms with van der Waals surface area (Å²) < 4.78 is 42.7. The lowest BCUT2D eigenvalue weighted by Crippen LogP contribution is -2.50. The summed E-state index contributed by atoms with van der Waals surface area (Å²) in [6.45, 7) is 4.22. The summed E-state index contributed by atoms with van der Waals surface area (Å²) >= 11 is 0. The van der Waals surface area contributed by atoms with Crippen molar-refractivity contribution in [3.05, 3.63) is 35.5 Å². The fourth-order valence-electron chi connectivity index (χ4n) is 2.97. The summed E-state index contributed by atoms with van der Waals surface area (Å²) in [6.07, 6.45) is -0.494. The van der Waals surface area contributed by atoms with Gasteiger partial charge in [-0.2, -0.15) is 4.31 Å². The lowest BCUT2D eigenvalue weighted by Gasteiger charge is -2.32. The first-order valence-electron chi connectivity index (χ1n) is 9.36. The van der Waals surface area contributed by atoms with Gasteiger partial charge in [0.1, 0.15) is 0 Å². The Morgan fingerprint density at radius 1 is 1.13 bits per heavy atom. The van der Waals surface area contributed by atoms with Crippen molar-refractivity contribution in [1.82, 2.24) is 14.2 Å². The molecule has 10 nitrogen and oxygen atoms in total. The van der Waals surface area contributed by atoms with Crippen molar-refractivity contribution in [3.63, 3.8) is 0 Å². The Kier molecular flexibility index (Phi) is 6.42. The van der Waals surface area contributed by atoms with E-state index in [4.69, 9.17) is 9.15 Å². The monoisotopic (exact) mass is 437 g/mol. The number of oxazole rings is 1. The highest BCUT2D eigenvalue weighted by molar-refractivity contribution is 7.89. The minimum atomic E-state index is -4.18. The van der Waals surface area contributed by atoms with Crippen molar-refractivity contribution in [1.29, 1.82) is 0 Å². The smallest absolute Gasteiger partial charge is 0.409 e. The van der Waals surface area contributed by atoms with E-state index in [9.17, 15) is 18.0 Å². The van der Waals surface area contributed by atoms with Crippen LogP contribution in [0.2, 0.25) is 0 Å². The zero-order valence-corrected chi connectivity index (χ0v) is 17.8. The van der Waals surface area contributed by atoms with E-state index < -0.39 is 32.9 Å². The molecule has 2 heterocycles. The van der Waals surface area contributed by atoms with E-state index in [1.165, 1.54) is 4.90 Å². The number of carbonyl (C=O) groups is 2. The average molecular weight is 437 g/mol. The Hall–Kier alpha value is -2.92. The summed E-state index contributed by atoms with van der Waals surface area (Å²) in [5.41, 5.74) is 1.12. The fourth-order valence-corrected chi connectivity index (χ4v) is 4.41. The van der Waals surface area contributed by atoms with Gasteiger partial charge in [0.25, 0.3) is 15.1 Å². The normalized spacial score (nSPS) is 15.1. The molecular formula is C19H23N3O7S. The molecule has 1 aromatic carbocycles. The summed E-state index contributed by atoms with van der Waals surface area (Å²) in [7, 11) is -3.04. The number of ether oxygens (including phenoxy) is 2. The SMILES string of the molecule is CCOC(=O)N1CCN(S(=O)(=O)c2oc(-c3ccc(C)cc3)nc2C(=O)OC)CC1. The van der Waals surface area contributed by atoms with Crippen molar-refractivity contribution >= 4 is 22.1 Å². The maximum atomic E-state index is 13.2. The van der Waals surface area contributed by atoms with Crippen molar-refractivity contribution < 1.29 is 31.9 Å². The van der Waals surface area contributed by atoms with E-state index in [0.29, 0.717) is 5.56 Å². The van der Waals surface area contributed by atoms with Gasteiger partial charge in [-0.1, -0.05) is 17.7 Å². The molecule has 2 aromatic rings. The quantitative estimate of drug-likeness (QED) is 0.651. The number of hydrogen-bond donors (Lipinski definition) is 0. The number of carbonyl (C=O) groups excluding carboxylic acids is 2. The van der Waals surface area contributed by atoms with Gasteiger partial charge in [0.15, 0.2) is 0 Å². The van der Waals surface area contributed by atoms with Crippen LogP contribution < -0.4 is 0 Å². The fraction of sp³-hybridized carbons (Fsp3) is 0.421. The molecule has 0 spiro atoms. The van der Waals surface area contributed by atoms with E-state index in [1.807, 2.05) is 19.1 Å². The highest BCUT2D eigenvalue weighted by Gasteiger charge is 2.38. The Balaban J connectivity index is 1.90. The molecule has 30 heavy (non-hydrogen) atoms. The summed E-state index contributed by atoms with van der Waals surface area (Å²) in [4.78, 5) is 29.5. The molecule has 1 aliphatic rings. The molecule has 0 radical (unpaired) electrons. The molecule has 0 atom stereocenters. The van der Waals surface area contributed by atoms with Gasteiger partial charge in [-0.05, 0) is 26.0 Å². The second kappa shape index (κ2) is 8.84. The van der Waals surface area contributed by atoms with E-state index in [0.717, 1.165) is 17.0 Å². The molecule has 0 bridgehead atoms. The summed E-state index contributed by atoms with van der Waals surface area (Å²) in [5, 5.41) is -0.575. The third-order valence-corrected chi connectivity index (χ3v) is 6.40. The summed E-state index contributed by atoms with van der Waals surface area (Å²) in [6, 6.07) is 7.08. The maximum Gasteiger partial charge on any atom is 0.409 e. The molecular weight excluding hydrogens is 414 g/mol. The minimum absolute atomic E-state index is 0.000801. The number of amides is 1. The van der Waals surface area contributed by atoms with Crippen LogP contribution in [0.1, 0.15) is 23.0 Å². The zero-order chi connectivity index (χ0) is 21.9. The highest BCUT2D eigenvalue weighted by atomic mass is 32.2. The van der Waals surface area contributed by atoms with Crippen molar-refractivity contribution in [2.75, 3.05) is 39.9 Å².